The molecule has 5 heteroatoms. The van der Waals surface area contributed by atoms with Gasteiger partial charge in [-0.2, -0.15) is 4.52 Å². The van der Waals surface area contributed by atoms with E-state index in [1.54, 1.807) is 0 Å². The molecule has 0 aliphatic rings. The lowest BCUT2D eigenvalue weighted by atomic mass is 10.00. The Hall–Kier alpha value is -0.470. The van der Waals surface area contributed by atoms with Crippen molar-refractivity contribution in [3.8, 4) is 0 Å². The van der Waals surface area contributed by atoms with Crippen molar-refractivity contribution in [3.63, 3.8) is 0 Å². The fourth-order valence-electron chi connectivity index (χ4n) is 1.09. The summed E-state index contributed by atoms with van der Waals surface area (Å²) in [6.45, 7) is 3.90. The highest BCUT2D eigenvalue weighted by Crippen LogP contribution is 2.22. The minimum Gasteiger partial charge on any atom is -0.246 e. The van der Waals surface area contributed by atoms with Gasteiger partial charge in [-0.25, -0.2) is 4.79 Å². The average molecular weight is 207 g/mol. The Bertz CT molecular complexity index is 181. The van der Waals surface area contributed by atoms with Crippen molar-refractivity contribution in [3.05, 3.63) is 0 Å². The number of hydrogen-bond acceptors (Lipinski definition) is 3. The molecule has 2 unspecified atom stereocenters. The van der Waals surface area contributed by atoms with Crippen LogP contribution in [0.4, 0.5) is 0 Å². The normalized spacial score (nSPS) is 13.6. The Morgan fingerprint density at radius 2 is 2.15 bits per heavy atom. The van der Waals surface area contributed by atoms with E-state index in [1.807, 2.05) is 13.8 Å². The van der Waals surface area contributed by atoms with Gasteiger partial charge in [0.15, 0.2) is 0 Å². The van der Waals surface area contributed by atoms with Crippen molar-refractivity contribution in [1.29, 1.82) is 0 Å². The van der Waals surface area contributed by atoms with Gasteiger partial charge in [0, 0.05) is 4.57 Å². The van der Waals surface area contributed by atoms with Crippen LogP contribution < -0.4 is 0 Å². The van der Waals surface area contributed by atoms with Crippen LogP contribution >= 0.6 is 8.25 Å². The van der Waals surface area contributed by atoms with E-state index < -0.39 is 14.2 Å². The molecular weight excluding hydrogens is 191 g/mol. The first-order chi connectivity index (χ1) is 6.11. The molecule has 0 fully saturated rings. The van der Waals surface area contributed by atoms with Crippen molar-refractivity contribution in [1.82, 2.24) is 0 Å². The lowest BCUT2D eigenvalue weighted by Crippen LogP contribution is -2.14. The maximum Gasteiger partial charge on any atom is 0.750 e. The first-order valence-corrected chi connectivity index (χ1v) is 5.62. The van der Waals surface area contributed by atoms with E-state index in [0.717, 1.165) is 19.3 Å². The van der Waals surface area contributed by atoms with Crippen molar-refractivity contribution in [2.75, 3.05) is 0 Å². The van der Waals surface area contributed by atoms with E-state index in [0.29, 0.717) is 6.42 Å². The molecule has 0 aromatic rings. The summed E-state index contributed by atoms with van der Waals surface area (Å²) < 4.78 is 14.4. The molecule has 1 N–H and O–H groups in total. The molecule has 76 valence electrons. The fourth-order valence-corrected chi connectivity index (χ4v) is 1.39. The smallest absolute Gasteiger partial charge is 0.246 e. The summed E-state index contributed by atoms with van der Waals surface area (Å²) in [6.07, 6.45) is 3.34. The molecule has 0 heterocycles. The third-order valence-electron chi connectivity index (χ3n) is 1.90. The second-order valence-electron chi connectivity index (χ2n) is 2.90. The van der Waals surface area contributed by atoms with Gasteiger partial charge >= 0.3 is 14.2 Å². The van der Waals surface area contributed by atoms with Gasteiger partial charge in [0.2, 0.25) is 0 Å². The minimum atomic E-state index is -2.79. The molecule has 4 nitrogen and oxygen atoms in total. The maximum absolute atomic E-state index is 11.1. The summed E-state index contributed by atoms with van der Waals surface area (Å²) in [5.41, 5.74) is 0. The summed E-state index contributed by atoms with van der Waals surface area (Å²) in [4.78, 5) is 19.5. The predicted molar refractivity (Wildman–Crippen MR) is 49.2 cm³/mol. The molecule has 0 aliphatic carbocycles. The predicted octanol–water partition coefficient (Wildman–Crippen LogP) is 2.40. The number of carbonyl (C=O) groups is 1. The molecule has 0 aliphatic heterocycles. The first kappa shape index (κ1) is 12.5. The van der Waals surface area contributed by atoms with E-state index in [-0.39, 0.29) is 5.92 Å². The van der Waals surface area contributed by atoms with E-state index in [4.69, 9.17) is 4.89 Å². The van der Waals surface area contributed by atoms with Crippen molar-refractivity contribution >= 4 is 14.2 Å². The van der Waals surface area contributed by atoms with Gasteiger partial charge in [-0.05, 0) is 12.8 Å². The Balaban J connectivity index is 3.91. The molecule has 0 amide bonds. The van der Waals surface area contributed by atoms with Crippen LogP contribution in [0.25, 0.3) is 0 Å². The number of unbranched alkanes of at least 4 members (excludes halogenated alkanes) is 1. The maximum atomic E-state index is 11.1. The Labute approximate surface area is 79.2 Å². The molecule has 0 aromatic heterocycles. The van der Waals surface area contributed by atoms with Crippen LogP contribution in [-0.4, -0.2) is 10.9 Å². The second-order valence-corrected chi connectivity index (χ2v) is 3.55. The van der Waals surface area contributed by atoms with E-state index >= 15 is 0 Å². The van der Waals surface area contributed by atoms with Crippen molar-refractivity contribution in [2.45, 2.75) is 39.5 Å². The van der Waals surface area contributed by atoms with Gasteiger partial charge in [0.1, 0.15) is 0 Å². The average Bonchev–Trinajstić information content (AvgIpc) is 2.04. The summed E-state index contributed by atoms with van der Waals surface area (Å²) in [5, 5.41) is 0. The molecular formula is C8H16O4P+. The summed E-state index contributed by atoms with van der Waals surface area (Å²) in [6, 6.07) is 0. The number of carbonyl (C=O) groups excluding carboxylic acids is 1. The molecule has 0 rings (SSSR count). The third kappa shape index (κ3) is 5.72. The highest BCUT2D eigenvalue weighted by molar-refractivity contribution is 7.32. The highest BCUT2D eigenvalue weighted by atomic mass is 31.1. The molecule has 2 atom stereocenters. The number of hydrogen-bond donors (Lipinski definition) is 1. The van der Waals surface area contributed by atoms with Crippen LogP contribution in [0.5, 0.6) is 0 Å². The molecule has 0 saturated carbocycles. The Morgan fingerprint density at radius 1 is 1.54 bits per heavy atom. The van der Waals surface area contributed by atoms with Gasteiger partial charge in [-0.15, -0.1) is 4.89 Å². The van der Waals surface area contributed by atoms with E-state index in [9.17, 15) is 9.36 Å². The van der Waals surface area contributed by atoms with Gasteiger partial charge in [0.05, 0.1) is 5.92 Å². The Kier molecular flexibility index (Phi) is 6.73. The summed E-state index contributed by atoms with van der Waals surface area (Å²) >= 11 is 0. The molecule has 0 radical (unpaired) electrons. The van der Waals surface area contributed by atoms with Crippen LogP contribution in [-0.2, 0) is 13.9 Å². The minimum absolute atomic E-state index is 0.231. The van der Waals surface area contributed by atoms with Crippen molar-refractivity contribution in [2.24, 2.45) is 5.92 Å². The van der Waals surface area contributed by atoms with Gasteiger partial charge in [-0.1, -0.05) is 26.7 Å². The SMILES string of the molecule is CCCCC(CC)C(=O)O[P+](=O)O. The first-order valence-electron chi connectivity index (χ1n) is 4.49. The van der Waals surface area contributed by atoms with Crippen LogP contribution in [0.3, 0.4) is 0 Å². The summed E-state index contributed by atoms with van der Waals surface area (Å²) in [5.74, 6) is -0.786. The zero-order valence-corrected chi connectivity index (χ0v) is 8.92. The quantitative estimate of drug-likeness (QED) is 0.679. The van der Waals surface area contributed by atoms with Gasteiger partial charge in [0.25, 0.3) is 0 Å². The largest absolute Gasteiger partial charge is 0.750 e. The van der Waals surface area contributed by atoms with Crippen LogP contribution in [0.1, 0.15) is 39.5 Å². The second kappa shape index (κ2) is 6.98. The number of rotatable bonds is 6. The van der Waals surface area contributed by atoms with Crippen LogP contribution in [0, 0.1) is 5.92 Å². The monoisotopic (exact) mass is 207 g/mol. The third-order valence-corrected chi connectivity index (χ3v) is 2.24. The standard InChI is InChI=1S/C8H15O4P/c1-3-5-6-7(4-2)8(9)12-13(10)11/h7H,3-6H2,1-2H3/p+1. The van der Waals surface area contributed by atoms with Gasteiger partial charge in [-0.3, -0.25) is 0 Å². The van der Waals surface area contributed by atoms with Crippen LogP contribution in [0.2, 0.25) is 0 Å². The van der Waals surface area contributed by atoms with E-state index in [1.165, 1.54) is 0 Å². The lowest BCUT2D eigenvalue weighted by molar-refractivity contribution is -0.139. The lowest BCUT2D eigenvalue weighted by Gasteiger charge is -2.06. The van der Waals surface area contributed by atoms with Crippen LogP contribution in [0.15, 0.2) is 0 Å². The topological polar surface area (TPSA) is 63.6 Å². The van der Waals surface area contributed by atoms with E-state index in [2.05, 4.69) is 4.52 Å². The molecule has 0 bridgehead atoms. The molecule has 0 saturated heterocycles. The summed E-state index contributed by atoms with van der Waals surface area (Å²) in [7, 11) is -2.79. The molecule has 0 aromatic carbocycles. The van der Waals surface area contributed by atoms with Crippen molar-refractivity contribution < 1.29 is 18.8 Å². The molecule has 13 heavy (non-hydrogen) atoms. The highest BCUT2D eigenvalue weighted by Gasteiger charge is 2.27. The Morgan fingerprint density at radius 3 is 2.54 bits per heavy atom. The zero-order valence-electron chi connectivity index (χ0n) is 8.02. The molecule has 0 spiro atoms. The zero-order chi connectivity index (χ0) is 10.3. The van der Waals surface area contributed by atoms with Gasteiger partial charge < -0.3 is 0 Å². The fraction of sp³-hybridized carbons (Fsp3) is 0.875.